The summed E-state index contributed by atoms with van der Waals surface area (Å²) in [5.41, 5.74) is 0.988. The van der Waals surface area contributed by atoms with Crippen LogP contribution in [0.15, 0.2) is 23.1 Å². The van der Waals surface area contributed by atoms with E-state index in [0.717, 1.165) is 4.90 Å². The number of fused-ring (bicyclic) bond motifs is 1. The van der Waals surface area contributed by atoms with E-state index >= 15 is 0 Å². The van der Waals surface area contributed by atoms with Crippen LogP contribution in [0, 0.1) is 0 Å². The molecular formula is C14H15N5O3S. The smallest absolute Gasteiger partial charge is 0.338 e. The summed E-state index contributed by atoms with van der Waals surface area (Å²) in [7, 11) is 1.67. The summed E-state index contributed by atoms with van der Waals surface area (Å²) in [5, 5.41) is 13.7. The highest BCUT2D eigenvalue weighted by Gasteiger charge is 2.25. The second-order valence-corrected chi connectivity index (χ2v) is 6.55. The van der Waals surface area contributed by atoms with Crippen LogP contribution in [0.2, 0.25) is 0 Å². The number of amides is 1. The first-order valence-electron chi connectivity index (χ1n) is 7.00. The zero-order valence-electron chi connectivity index (χ0n) is 12.8. The molecule has 0 radical (unpaired) electrons. The van der Waals surface area contributed by atoms with Crippen molar-refractivity contribution in [3.63, 3.8) is 0 Å². The van der Waals surface area contributed by atoms with Gasteiger partial charge in [0.1, 0.15) is 0 Å². The lowest BCUT2D eigenvalue weighted by Gasteiger charge is -2.21. The number of tetrazole rings is 1. The van der Waals surface area contributed by atoms with Crippen LogP contribution in [-0.4, -0.2) is 37.3 Å². The van der Waals surface area contributed by atoms with Gasteiger partial charge in [0.15, 0.2) is 11.9 Å². The Morgan fingerprint density at radius 2 is 2.26 bits per heavy atom. The van der Waals surface area contributed by atoms with Crippen molar-refractivity contribution < 1.29 is 14.3 Å². The molecular weight excluding hydrogens is 318 g/mol. The second-order valence-electron chi connectivity index (χ2n) is 5.17. The molecule has 1 aromatic heterocycles. The molecule has 2 aromatic rings. The fourth-order valence-electron chi connectivity index (χ4n) is 2.20. The lowest BCUT2D eigenvalue weighted by atomic mass is 10.2. The number of esters is 1. The number of thioether (sulfide) groups is 1. The van der Waals surface area contributed by atoms with Gasteiger partial charge in [-0.3, -0.25) is 4.79 Å². The van der Waals surface area contributed by atoms with E-state index in [9.17, 15) is 9.59 Å². The van der Waals surface area contributed by atoms with Crippen molar-refractivity contribution >= 4 is 29.3 Å². The van der Waals surface area contributed by atoms with Crippen molar-refractivity contribution in [2.24, 2.45) is 7.05 Å². The van der Waals surface area contributed by atoms with Gasteiger partial charge < -0.3 is 10.1 Å². The van der Waals surface area contributed by atoms with Gasteiger partial charge in [-0.25, -0.2) is 9.48 Å². The van der Waals surface area contributed by atoms with Crippen LogP contribution in [0.1, 0.15) is 36.1 Å². The van der Waals surface area contributed by atoms with Crippen LogP contribution in [-0.2, 0) is 16.6 Å². The summed E-state index contributed by atoms with van der Waals surface area (Å²) in [6.07, 6.45) is -0.581. The maximum absolute atomic E-state index is 12.3. The minimum atomic E-state index is -0.581. The quantitative estimate of drug-likeness (QED) is 0.851. The third-order valence-corrected chi connectivity index (χ3v) is 4.62. The molecule has 8 nitrogen and oxygen atoms in total. The van der Waals surface area contributed by atoms with E-state index in [1.807, 2.05) is 6.92 Å². The Morgan fingerprint density at radius 3 is 2.96 bits per heavy atom. The first kappa shape index (κ1) is 15.5. The van der Waals surface area contributed by atoms with Gasteiger partial charge in [-0.2, -0.15) is 0 Å². The van der Waals surface area contributed by atoms with E-state index in [1.165, 1.54) is 16.4 Å². The van der Waals surface area contributed by atoms with Gasteiger partial charge in [-0.15, -0.1) is 16.9 Å². The van der Waals surface area contributed by atoms with Crippen LogP contribution in [0.25, 0.3) is 0 Å². The Morgan fingerprint density at radius 1 is 1.48 bits per heavy atom. The van der Waals surface area contributed by atoms with Crippen LogP contribution < -0.4 is 5.32 Å². The molecule has 0 saturated heterocycles. The average Bonchev–Trinajstić information content (AvgIpc) is 2.94. The lowest BCUT2D eigenvalue weighted by Crippen LogP contribution is -2.26. The highest BCUT2D eigenvalue weighted by atomic mass is 32.2. The van der Waals surface area contributed by atoms with Gasteiger partial charge in [-0.05, 0) is 42.5 Å². The standard InChI is InChI=1S/C14H15N5O3S/c1-7(12-16-17-18-19(12)3)22-14(21)9-4-5-11-10(6-9)15-13(20)8(2)23-11/h4-8H,1-3H3,(H,15,20). The van der Waals surface area contributed by atoms with Crippen molar-refractivity contribution in [3.8, 4) is 0 Å². The average molecular weight is 333 g/mol. The third kappa shape index (κ3) is 3.04. The second kappa shape index (κ2) is 5.99. The molecule has 0 saturated carbocycles. The fourth-order valence-corrected chi connectivity index (χ4v) is 3.13. The van der Waals surface area contributed by atoms with Gasteiger partial charge >= 0.3 is 5.97 Å². The first-order chi connectivity index (χ1) is 11.0. The fraction of sp³-hybridized carbons (Fsp3) is 0.357. The van der Waals surface area contributed by atoms with E-state index in [4.69, 9.17) is 4.74 Å². The van der Waals surface area contributed by atoms with Crippen molar-refractivity contribution in [1.82, 2.24) is 20.2 Å². The molecule has 2 heterocycles. The van der Waals surface area contributed by atoms with Crippen LogP contribution in [0.3, 0.4) is 0 Å². The summed E-state index contributed by atoms with van der Waals surface area (Å²) in [4.78, 5) is 24.9. The number of aromatic nitrogens is 4. The predicted molar refractivity (Wildman–Crippen MR) is 83.0 cm³/mol. The normalized spacial score (nSPS) is 18.0. The van der Waals surface area contributed by atoms with Gasteiger partial charge in [0.2, 0.25) is 5.91 Å². The number of nitrogens with zero attached hydrogens (tertiary/aromatic N) is 4. The highest BCUT2D eigenvalue weighted by Crippen LogP contribution is 2.36. The van der Waals surface area contributed by atoms with Crippen LogP contribution in [0.5, 0.6) is 0 Å². The Bertz CT molecular complexity index is 776. The molecule has 1 aliphatic rings. The minimum absolute atomic E-state index is 0.0773. The predicted octanol–water partition coefficient (Wildman–Crippen LogP) is 1.56. The molecule has 0 aliphatic carbocycles. The molecule has 23 heavy (non-hydrogen) atoms. The summed E-state index contributed by atoms with van der Waals surface area (Å²) < 4.78 is 6.83. The molecule has 120 valence electrons. The summed E-state index contributed by atoms with van der Waals surface area (Å²) in [6, 6.07) is 5.11. The van der Waals surface area contributed by atoms with Crippen LogP contribution >= 0.6 is 11.8 Å². The Balaban J connectivity index is 1.77. The maximum Gasteiger partial charge on any atom is 0.338 e. The Hall–Kier alpha value is -2.42. The molecule has 1 N–H and O–H groups in total. The number of benzene rings is 1. The van der Waals surface area contributed by atoms with E-state index in [1.54, 1.807) is 32.2 Å². The first-order valence-corrected chi connectivity index (χ1v) is 7.88. The molecule has 1 amide bonds. The third-order valence-electron chi connectivity index (χ3n) is 3.45. The molecule has 0 bridgehead atoms. The van der Waals surface area contributed by atoms with Gasteiger partial charge in [-0.1, -0.05) is 0 Å². The van der Waals surface area contributed by atoms with Gasteiger partial charge in [0, 0.05) is 11.9 Å². The molecule has 1 aromatic carbocycles. The number of rotatable bonds is 3. The topological polar surface area (TPSA) is 99.0 Å². The molecule has 9 heteroatoms. The number of carbonyl (C=O) groups is 2. The van der Waals surface area contributed by atoms with E-state index in [-0.39, 0.29) is 11.2 Å². The van der Waals surface area contributed by atoms with Gasteiger partial charge in [0.05, 0.1) is 16.5 Å². The van der Waals surface area contributed by atoms with Crippen molar-refractivity contribution in [2.75, 3.05) is 5.32 Å². The Kier molecular flexibility index (Phi) is 4.03. The largest absolute Gasteiger partial charge is 0.451 e. The number of anilines is 1. The SMILES string of the molecule is CC1Sc2ccc(C(=O)OC(C)c3nnnn3C)cc2NC1=O. The summed E-state index contributed by atoms with van der Waals surface area (Å²) in [5.74, 6) is -0.123. The number of nitrogens with one attached hydrogen (secondary N) is 1. The molecule has 0 spiro atoms. The van der Waals surface area contributed by atoms with Crippen molar-refractivity contribution in [3.05, 3.63) is 29.6 Å². The number of carbonyl (C=O) groups excluding carboxylic acids is 2. The molecule has 2 unspecified atom stereocenters. The van der Waals surface area contributed by atoms with Crippen molar-refractivity contribution in [2.45, 2.75) is 30.1 Å². The number of hydrogen-bond donors (Lipinski definition) is 1. The summed E-state index contributed by atoms with van der Waals surface area (Å²) in [6.45, 7) is 3.53. The number of aryl methyl sites for hydroxylation is 1. The zero-order valence-corrected chi connectivity index (χ0v) is 13.6. The monoisotopic (exact) mass is 333 g/mol. The maximum atomic E-state index is 12.3. The van der Waals surface area contributed by atoms with Crippen LogP contribution in [0.4, 0.5) is 5.69 Å². The number of ether oxygens (including phenoxy) is 1. The van der Waals surface area contributed by atoms with E-state index in [2.05, 4.69) is 20.8 Å². The van der Waals surface area contributed by atoms with Crippen molar-refractivity contribution in [1.29, 1.82) is 0 Å². The Labute approximate surface area is 136 Å². The van der Waals surface area contributed by atoms with E-state index < -0.39 is 12.1 Å². The zero-order chi connectivity index (χ0) is 16.6. The summed E-state index contributed by atoms with van der Waals surface area (Å²) >= 11 is 1.46. The van der Waals surface area contributed by atoms with E-state index in [0.29, 0.717) is 17.1 Å². The van der Waals surface area contributed by atoms with Gasteiger partial charge in [0.25, 0.3) is 0 Å². The number of hydrogen-bond acceptors (Lipinski definition) is 7. The highest BCUT2D eigenvalue weighted by molar-refractivity contribution is 8.00. The molecule has 2 atom stereocenters. The molecule has 3 rings (SSSR count). The lowest BCUT2D eigenvalue weighted by molar-refractivity contribution is -0.115. The minimum Gasteiger partial charge on any atom is -0.451 e. The molecule has 1 aliphatic heterocycles. The molecule has 0 fully saturated rings.